The van der Waals surface area contributed by atoms with Crippen molar-refractivity contribution in [3.63, 3.8) is 0 Å². The molecule has 53 heavy (non-hydrogen) atoms. The molecular formula is C43H24B3NO5S. The zero-order valence-corrected chi connectivity index (χ0v) is 29.1. The highest BCUT2D eigenvalue weighted by atomic mass is 32.2. The van der Waals surface area contributed by atoms with Gasteiger partial charge in [0.15, 0.2) is 0 Å². The monoisotopic (exact) mass is 699 g/mol. The average molecular weight is 699 g/mol. The molecule has 0 aromatic heterocycles. The Morgan fingerprint density at radius 1 is 0.358 bits per heavy atom. The van der Waals surface area contributed by atoms with E-state index in [1.165, 1.54) is 5.46 Å². The molecule has 246 valence electrons. The Bertz CT molecular complexity index is 2830. The highest BCUT2D eigenvalue weighted by Crippen LogP contribution is 2.43. The van der Waals surface area contributed by atoms with E-state index < -0.39 is 0 Å². The number of rotatable bonds is 1. The first-order valence-electron chi connectivity index (χ1n) is 17.9. The molecule has 6 aliphatic heterocycles. The van der Waals surface area contributed by atoms with Crippen LogP contribution >= 0.6 is 11.9 Å². The number of fused-ring (bicyclic) bond motifs is 12. The molecule has 0 N–H and O–H groups in total. The summed E-state index contributed by atoms with van der Waals surface area (Å²) in [5.74, 6) is 8.41. The van der Waals surface area contributed by atoms with Gasteiger partial charge in [-0.2, -0.15) is 0 Å². The van der Waals surface area contributed by atoms with Crippen LogP contribution in [0, 0.1) is 0 Å². The minimum atomic E-state index is -0.0996. The fourth-order valence-electron chi connectivity index (χ4n) is 9.59. The first-order chi connectivity index (χ1) is 26.2. The van der Waals surface area contributed by atoms with Crippen LogP contribution in [0.2, 0.25) is 0 Å². The van der Waals surface area contributed by atoms with Crippen LogP contribution in [-0.4, -0.2) is 26.4 Å². The van der Waals surface area contributed by atoms with Crippen LogP contribution < -0.4 is 77.2 Å². The van der Waals surface area contributed by atoms with E-state index in [2.05, 4.69) is 95.5 Å². The van der Waals surface area contributed by atoms with Crippen molar-refractivity contribution in [2.24, 2.45) is 0 Å². The lowest BCUT2D eigenvalue weighted by Crippen LogP contribution is -2.64. The average Bonchev–Trinajstić information content (AvgIpc) is 3.19. The smallest absolute Gasteiger partial charge is 0.260 e. The Labute approximate surface area is 310 Å². The largest absolute Gasteiger partial charge is 0.458 e. The second-order valence-corrected chi connectivity index (χ2v) is 15.0. The minimum absolute atomic E-state index is 0.0375. The topological polar surface area (TPSA) is 49.4 Å². The van der Waals surface area contributed by atoms with Crippen LogP contribution in [0.15, 0.2) is 127 Å². The maximum absolute atomic E-state index is 6.85. The number of nitrogens with zero attached hydrogens (tertiary/aromatic N) is 1. The Hall–Kier alpha value is -6.12. The molecule has 13 rings (SSSR count). The van der Waals surface area contributed by atoms with E-state index in [1.807, 2.05) is 42.5 Å². The van der Waals surface area contributed by atoms with Crippen molar-refractivity contribution in [2.75, 3.05) is 10.6 Å². The quantitative estimate of drug-likeness (QED) is 0.185. The van der Waals surface area contributed by atoms with E-state index in [0.29, 0.717) is 0 Å². The van der Waals surface area contributed by atoms with E-state index in [4.69, 9.17) is 23.7 Å². The Balaban J connectivity index is 1.07. The maximum atomic E-state index is 6.85. The number of benzene rings is 7. The van der Waals surface area contributed by atoms with Crippen LogP contribution in [0.4, 0.5) is 11.4 Å². The summed E-state index contributed by atoms with van der Waals surface area (Å²) in [6.07, 6.45) is 2.13. The number of ether oxygens (including phenoxy) is 5. The standard InChI is InChI=1S/C43H24B3NO5S/c1-53-47-29-11-6-14-33-41(29)46(25-19-26-38(21-30(25)47)51-36-17-7-15-34-42(36)44(26)23-9-2-4-12-31(23)48-34)28-20-27-39(22-40(28)50-33)52-37-18-8-16-35-43(37)45(27)24-10-3-5-13-32(24)49-35/h2-22H,1H3. The van der Waals surface area contributed by atoms with Crippen molar-refractivity contribution in [2.45, 2.75) is 0 Å². The summed E-state index contributed by atoms with van der Waals surface area (Å²) in [7, 11) is 0. The van der Waals surface area contributed by atoms with E-state index in [0.717, 1.165) is 113 Å². The van der Waals surface area contributed by atoms with Crippen molar-refractivity contribution in [1.82, 2.24) is 0 Å². The van der Waals surface area contributed by atoms with Crippen LogP contribution in [-0.2, 0) is 0 Å². The third-order valence-corrected chi connectivity index (χ3v) is 12.4. The zero-order valence-electron chi connectivity index (χ0n) is 28.3. The molecule has 0 amide bonds. The van der Waals surface area contributed by atoms with Crippen molar-refractivity contribution in [1.29, 1.82) is 0 Å². The lowest BCUT2D eigenvalue weighted by atomic mass is 9.30. The van der Waals surface area contributed by atoms with Crippen LogP contribution in [0.1, 0.15) is 0 Å². The molecule has 7 aromatic rings. The van der Waals surface area contributed by atoms with Gasteiger partial charge in [0.1, 0.15) is 57.5 Å². The Morgan fingerprint density at radius 2 is 0.774 bits per heavy atom. The van der Waals surface area contributed by atoms with Crippen molar-refractivity contribution in [3.05, 3.63) is 127 Å². The summed E-state index contributed by atoms with van der Waals surface area (Å²) in [6.45, 7) is -0.185. The third kappa shape index (κ3) is 3.64. The molecular weight excluding hydrogens is 675 g/mol. The van der Waals surface area contributed by atoms with Gasteiger partial charge in [-0.05, 0) is 98.7 Å². The molecule has 0 saturated heterocycles. The molecule has 0 unspecified atom stereocenters. The summed E-state index contributed by atoms with van der Waals surface area (Å²) in [5, 5.41) is 0. The molecule has 0 atom stereocenters. The first kappa shape index (κ1) is 28.5. The van der Waals surface area contributed by atoms with E-state index >= 15 is 0 Å². The predicted octanol–water partition coefficient (Wildman–Crippen LogP) is 4.49. The number of anilines is 2. The minimum Gasteiger partial charge on any atom is -0.458 e. The second kappa shape index (κ2) is 10.1. The van der Waals surface area contributed by atoms with Crippen LogP contribution in [0.25, 0.3) is 0 Å². The molecule has 0 bridgehead atoms. The summed E-state index contributed by atoms with van der Waals surface area (Å²) >= 11 is 1.69. The van der Waals surface area contributed by atoms with Crippen LogP contribution in [0.3, 0.4) is 0 Å². The summed E-state index contributed by atoms with van der Waals surface area (Å²) in [5.41, 5.74) is 12.4. The van der Waals surface area contributed by atoms with Gasteiger partial charge in [-0.15, -0.1) is 0 Å². The van der Waals surface area contributed by atoms with Gasteiger partial charge in [0.25, 0.3) is 20.1 Å². The predicted molar refractivity (Wildman–Crippen MR) is 215 cm³/mol. The fourth-order valence-corrected chi connectivity index (χ4v) is 10.3. The van der Waals surface area contributed by atoms with E-state index in [9.17, 15) is 0 Å². The Kier molecular flexibility index (Phi) is 5.40. The van der Waals surface area contributed by atoms with Gasteiger partial charge in [-0.1, -0.05) is 66.7 Å². The SMILES string of the molecule is CSN1c2cc3c(cc2B2c4cc5c(cc4Oc4cccc1c42)Oc1cccc2c1B5c1ccccc1O2)B1c2ccccc2Oc2cccc(c21)O3. The molecule has 0 radical (unpaired) electrons. The maximum Gasteiger partial charge on any atom is 0.260 e. The molecule has 10 heteroatoms. The Morgan fingerprint density at radius 3 is 1.32 bits per heavy atom. The van der Waals surface area contributed by atoms with E-state index in [-0.39, 0.29) is 20.1 Å². The highest BCUT2D eigenvalue weighted by molar-refractivity contribution is 8.00. The van der Waals surface area contributed by atoms with Crippen molar-refractivity contribution in [3.8, 4) is 57.5 Å². The lowest BCUT2D eigenvalue weighted by Gasteiger charge is -2.41. The summed E-state index contributed by atoms with van der Waals surface area (Å²) in [6, 6.07) is 44.4. The molecule has 6 heterocycles. The highest BCUT2D eigenvalue weighted by Gasteiger charge is 2.47. The third-order valence-electron chi connectivity index (χ3n) is 11.7. The molecule has 7 aromatic carbocycles. The number of hydrogen-bond acceptors (Lipinski definition) is 7. The van der Waals surface area contributed by atoms with Gasteiger partial charge >= 0.3 is 0 Å². The van der Waals surface area contributed by atoms with Crippen molar-refractivity contribution < 1.29 is 23.7 Å². The van der Waals surface area contributed by atoms with Gasteiger partial charge in [0.05, 0.1) is 11.4 Å². The molecule has 0 aliphatic carbocycles. The second-order valence-electron chi connectivity index (χ2n) is 14.3. The molecule has 6 nitrogen and oxygen atoms in total. The summed E-state index contributed by atoms with van der Waals surface area (Å²) in [4.78, 5) is 0. The van der Waals surface area contributed by atoms with Crippen LogP contribution in [0.5, 0.6) is 57.5 Å². The van der Waals surface area contributed by atoms with Gasteiger partial charge in [0, 0.05) is 29.3 Å². The normalized spacial score (nSPS) is 14.8. The van der Waals surface area contributed by atoms with Gasteiger partial charge in [-0.25, -0.2) is 0 Å². The first-order valence-corrected chi connectivity index (χ1v) is 19.1. The zero-order chi connectivity index (χ0) is 34.5. The molecule has 0 spiro atoms. The van der Waals surface area contributed by atoms with Gasteiger partial charge < -0.3 is 23.7 Å². The fraction of sp³-hybridized carbons (Fsp3) is 0.0233. The van der Waals surface area contributed by atoms with Crippen molar-refractivity contribution >= 4 is 92.6 Å². The summed E-state index contributed by atoms with van der Waals surface area (Å²) < 4.78 is 35.5. The molecule has 0 fully saturated rings. The molecule has 0 saturated carbocycles. The molecule has 6 aliphatic rings. The number of para-hydroxylation sites is 2. The van der Waals surface area contributed by atoms with E-state index in [1.54, 1.807) is 11.9 Å². The lowest BCUT2D eigenvalue weighted by molar-refractivity contribution is 0.456. The number of hydrogen-bond donors (Lipinski definition) is 0. The van der Waals surface area contributed by atoms with Gasteiger partial charge in [0.2, 0.25) is 0 Å². The van der Waals surface area contributed by atoms with Gasteiger partial charge in [-0.3, -0.25) is 4.31 Å².